The molecule has 0 radical (unpaired) electrons. The zero-order valence-electron chi connectivity index (χ0n) is 5.16. The van der Waals surface area contributed by atoms with Crippen LogP contribution in [0.2, 0.25) is 0 Å². The first kappa shape index (κ1) is 7.74. The number of carbonyl (C=O) groups excluding carboxylic acids is 1. The molecule has 0 amide bonds. The molecule has 0 bridgehead atoms. The van der Waals surface area contributed by atoms with Crippen molar-refractivity contribution in [1.29, 1.82) is 0 Å². The fourth-order valence-electron chi connectivity index (χ4n) is 0.191. The highest BCUT2D eigenvalue weighted by Gasteiger charge is 2.00. The maximum Gasteiger partial charge on any atom is 0.401 e. The van der Waals surface area contributed by atoms with E-state index in [-0.39, 0.29) is 4.90 Å². The summed E-state index contributed by atoms with van der Waals surface area (Å²) in [5, 5.41) is 10.1. The molecule has 0 aromatic carbocycles. The lowest BCUT2D eigenvalue weighted by atomic mass is 10.8. The van der Waals surface area contributed by atoms with Gasteiger partial charge in [0.25, 0.3) is 0 Å². The van der Waals surface area contributed by atoms with Gasteiger partial charge >= 0.3 is 12.2 Å². The second-order valence-electron chi connectivity index (χ2n) is 1.12. The Balaban J connectivity index is 3.79. The third-order valence-electron chi connectivity index (χ3n) is 0.592. The molecule has 9 heavy (non-hydrogen) atoms. The van der Waals surface area contributed by atoms with Gasteiger partial charge in [-0.05, 0) is 0 Å². The molecular weight excluding hydrogens is 126 g/mol. The first-order chi connectivity index (χ1) is 4.20. The Bertz CT molecular complexity index is 131. The van der Waals surface area contributed by atoms with Crippen molar-refractivity contribution in [3.05, 3.63) is 5.21 Å². The van der Waals surface area contributed by atoms with E-state index in [0.29, 0.717) is 6.21 Å². The van der Waals surface area contributed by atoms with Gasteiger partial charge in [-0.3, -0.25) is 5.21 Å². The Morgan fingerprint density at radius 1 is 1.67 bits per heavy atom. The van der Waals surface area contributed by atoms with Crippen molar-refractivity contribution in [2.45, 2.75) is 0 Å². The van der Waals surface area contributed by atoms with E-state index in [0.717, 1.165) is 7.11 Å². The van der Waals surface area contributed by atoms with E-state index in [2.05, 4.69) is 9.57 Å². The van der Waals surface area contributed by atoms with Crippen LogP contribution in [0, 0.1) is 5.21 Å². The van der Waals surface area contributed by atoms with Crippen LogP contribution in [0.1, 0.15) is 0 Å². The fraction of sp³-hybridized carbons (Fsp3) is 0.500. The number of esters is 1. The summed E-state index contributed by atoms with van der Waals surface area (Å²) in [5.74, 6) is -0.744. The SMILES string of the molecule is COC(=O)/C=[N+](/[O-])OC. The van der Waals surface area contributed by atoms with Gasteiger partial charge in [0.05, 0.1) is 7.11 Å². The summed E-state index contributed by atoms with van der Waals surface area (Å²) in [4.78, 5) is 14.2. The minimum atomic E-state index is -0.744. The lowest BCUT2D eigenvalue weighted by molar-refractivity contribution is -0.729. The summed E-state index contributed by atoms with van der Waals surface area (Å²) in [6.07, 6.45) is 0.639. The number of carbonyl (C=O) groups is 1. The van der Waals surface area contributed by atoms with E-state index in [1.807, 2.05) is 0 Å². The van der Waals surface area contributed by atoms with Crippen LogP contribution < -0.4 is 0 Å². The summed E-state index contributed by atoms with van der Waals surface area (Å²) in [6.45, 7) is 0. The molecule has 0 aromatic heterocycles. The molecule has 0 rings (SSSR count). The number of nitrogens with zero attached hydrogens (tertiary/aromatic N) is 1. The van der Waals surface area contributed by atoms with Crippen molar-refractivity contribution in [2.75, 3.05) is 14.2 Å². The lowest BCUT2D eigenvalue weighted by Gasteiger charge is -1.93. The van der Waals surface area contributed by atoms with E-state index in [9.17, 15) is 10.0 Å². The molecule has 0 aliphatic heterocycles. The first-order valence-corrected chi connectivity index (χ1v) is 2.14. The average molecular weight is 133 g/mol. The summed E-state index contributed by atoms with van der Waals surface area (Å²) in [5.41, 5.74) is 0. The lowest BCUT2D eigenvalue weighted by Crippen LogP contribution is -2.12. The highest BCUT2D eigenvalue weighted by atomic mass is 16.9. The monoisotopic (exact) mass is 133 g/mol. The Kier molecular flexibility index (Phi) is 3.19. The molecule has 0 unspecified atom stereocenters. The third kappa shape index (κ3) is 3.33. The van der Waals surface area contributed by atoms with Crippen LogP contribution in [0.15, 0.2) is 0 Å². The van der Waals surface area contributed by atoms with Gasteiger partial charge in [-0.2, -0.15) is 0 Å². The van der Waals surface area contributed by atoms with Gasteiger partial charge in [-0.15, -0.1) is 0 Å². The Morgan fingerprint density at radius 3 is 2.56 bits per heavy atom. The minimum Gasteiger partial charge on any atom is -0.461 e. The van der Waals surface area contributed by atoms with E-state index in [1.165, 1.54) is 7.11 Å². The molecule has 5 heteroatoms. The zero-order chi connectivity index (χ0) is 7.28. The number of methoxy groups -OCH3 is 1. The van der Waals surface area contributed by atoms with Gasteiger partial charge in [-0.1, -0.05) is 0 Å². The first-order valence-electron chi connectivity index (χ1n) is 2.14. The molecular formula is C4H7NO4. The zero-order valence-corrected chi connectivity index (χ0v) is 5.16. The Morgan fingerprint density at radius 2 is 2.22 bits per heavy atom. The predicted molar refractivity (Wildman–Crippen MR) is 28.7 cm³/mol. The van der Waals surface area contributed by atoms with Crippen molar-refractivity contribution in [2.24, 2.45) is 0 Å². The Hall–Kier alpha value is -1.26. The topological polar surface area (TPSA) is 61.6 Å². The smallest absolute Gasteiger partial charge is 0.401 e. The summed E-state index contributed by atoms with van der Waals surface area (Å²) in [6, 6.07) is 0. The molecule has 0 aliphatic carbocycles. The number of ether oxygens (including phenoxy) is 1. The molecule has 0 saturated carbocycles. The summed E-state index contributed by atoms with van der Waals surface area (Å²) >= 11 is 0. The van der Waals surface area contributed by atoms with E-state index in [1.54, 1.807) is 0 Å². The average Bonchev–Trinajstić information content (AvgIpc) is 1.87. The maximum absolute atomic E-state index is 10.2. The van der Waals surface area contributed by atoms with Gasteiger partial charge < -0.3 is 9.57 Å². The quantitative estimate of drug-likeness (QED) is 0.216. The predicted octanol–water partition coefficient (Wildman–Crippen LogP) is -0.698. The fourth-order valence-corrected chi connectivity index (χ4v) is 0.191. The van der Waals surface area contributed by atoms with Gasteiger partial charge in [0.15, 0.2) is 0 Å². The van der Waals surface area contributed by atoms with Crippen molar-refractivity contribution < 1.29 is 19.3 Å². The number of rotatable bonds is 2. The molecule has 0 N–H and O–H groups in total. The van der Waals surface area contributed by atoms with Gasteiger partial charge in [0, 0.05) is 12.0 Å². The molecule has 0 spiro atoms. The molecule has 0 heterocycles. The molecule has 0 atom stereocenters. The van der Waals surface area contributed by atoms with Crippen molar-refractivity contribution in [3.8, 4) is 0 Å². The van der Waals surface area contributed by atoms with Crippen LogP contribution >= 0.6 is 0 Å². The van der Waals surface area contributed by atoms with E-state index in [4.69, 9.17) is 0 Å². The van der Waals surface area contributed by atoms with Crippen molar-refractivity contribution in [3.63, 3.8) is 0 Å². The van der Waals surface area contributed by atoms with Crippen molar-refractivity contribution >= 4 is 12.2 Å². The molecule has 0 aromatic rings. The number of hydrogen-bond acceptors (Lipinski definition) is 4. The van der Waals surface area contributed by atoms with Crippen LogP contribution in [-0.4, -0.2) is 31.3 Å². The molecule has 5 nitrogen and oxygen atoms in total. The third-order valence-corrected chi connectivity index (χ3v) is 0.592. The number of hydrogen-bond donors (Lipinski definition) is 0. The molecule has 0 fully saturated rings. The summed E-state index contributed by atoms with van der Waals surface area (Å²) < 4.78 is 4.11. The normalized spacial score (nSPS) is 10.7. The molecule has 52 valence electrons. The highest BCUT2D eigenvalue weighted by molar-refractivity contribution is 6.20. The minimum absolute atomic E-state index is 0.00579. The Labute approximate surface area is 52.0 Å². The van der Waals surface area contributed by atoms with Gasteiger partial charge in [0.1, 0.15) is 0 Å². The largest absolute Gasteiger partial charge is 0.461 e. The molecule has 0 saturated heterocycles. The van der Waals surface area contributed by atoms with E-state index >= 15 is 0 Å². The van der Waals surface area contributed by atoms with E-state index < -0.39 is 5.97 Å². The van der Waals surface area contributed by atoms with Crippen LogP contribution in [0.25, 0.3) is 0 Å². The van der Waals surface area contributed by atoms with Crippen LogP contribution in [0.3, 0.4) is 0 Å². The second-order valence-corrected chi connectivity index (χ2v) is 1.12. The van der Waals surface area contributed by atoms with Gasteiger partial charge in [0.2, 0.25) is 0 Å². The van der Waals surface area contributed by atoms with Crippen LogP contribution in [0.4, 0.5) is 0 Å². The maximum atomic E-state index is 10.2. The van der Waals surface area contributed by atoms with Gasteiger partial charge in [-0.25, -0.2) is 4.79 Å². The molecule has 0 aliphatic rings. The van der Waals surface area contributed by atoms with Crippen LogP contribution in [-0.2, 0) is 14.4 Å². The van der Waals surface area contributed by atoms with Crippen molar-refractivity contribution in [1.82, 2.24) is 0 Å². The van der Waals surface area contributed by atoms with Crippen LogP contribution in [0.5, 0.6) is 0 Å². The highest BCUT2D eigenvalue weighted by Crippen LogP contribution is 1.69. The second kappa shape index (κ2) is 3.71. The standard InChI is InChI=1S/C4H7NO4/c1-8-4(6)3-5(7)9-2/h3H,1-2H3/b5-3-. The summed E-state index contributed by atoms with van der Waals surface area (Å²) in [7, 11) is 2.31.